The molecule has 2 aromatic rings. The number of aromatic nitrogens is 3. The highest BCUT2D eigenvalue weighted by Crippen LogP contribution is 2.15. The summed E-state index contributed by atoms with van der Waals surface area (Å²) in [6.07, 6.45) is 3.50. The average Bonchev–Trinajstić information content (AvgIpc) is 2.44. The van der Waals surface area contributed by atoms with E-state index in [1.807, 2.05) is 12.3 Å². The molecule has 4 nitrogen and oxygen atoms in total. The maximum absolute atomic E-state index is 10.9. The first-order valence-electron chi connectivity index (χ1n) is 4.13. The van der Waals surface area contributed by atoms with Crippen LogP contribution < -0.4 is 0 Å². The van der Waals surface area contributed by atoms with E-state index in [4.69, 9.17) is 0 Å². The summed E-state index contributed by atoms with van der Waals surface area (Å²) < 4.78 is 2.51. The van der Waals surface area contributed by atoms with Crippen molar-refractivity contribution < 1.29 is 4.79 Å². The molecule has 0 atom stereocenters. The van der Waals surface area contributed by atoms with E-state index in [2.05, 4.69) is 26.0 Å². The van der Waals surface area contributed by atoms with Gasteiger partial charge in [-0.05, 0) is 28.9 Å². The fourth-order valence-electron chi connectivity index (χ4n) is 1.25. The maximum Gasteiger partial charge on any atom is 0.181 e. The predicted octanol–water partition coefficient (Wildman–Crippen LogP) is 1.78. The fourth-order valence-corrected chi connectivity index (χ4v) is 1.60. The van der Waals surface area contributed by atoms with E-state index in [-0.39, 0.29) is 5.78 Å². The van der Waals surface area contributed by atoms with Gasteiger partial charge in [-0.15, -0.1) is 0 Å². The zero-order valence-corrected chi connectivity index (χ0v) is 9.15. The first-order valence-corrected chi connectivity index (χ1v) is 4.92. The summed E-state index contributed by atoms with van der Waals surface area (Å²) in [6.45, 7) is 1.84. The van der Waals surface area contributed by atoms with Crippen LogP contribution in [-0.4, -0.2) is 20.5 Å². The maximum atomic E-state index is 10.9. The molecule has 0 amide bonds. The zero-order valence-electron chi connectivity index (χ0n) is 7.57. The summed E-state index contributed by atoms with van der Waals surface area (Å²) >= 11 is 3.33. The molecule has 0 bridgehead atoms. The summed E-state index contributed by atoms with van der Waals surface area (Å²) in [5, 5.41) is 5.09. The van der Waals surface area contributed by atoms with Crippen LogP contribution in [0, 0.1) is 0 Å². The highest BCUT2D eigenvalue weighted by atomic mass is 79.9. The fraction of sp³-hybridized carbons (Fsp3) is 0.222. The number of nitrogens with zero attached hydrogens (tertiary/aromatic N) is 3. The van der Waals surface area contributed by atoms with Gasteiger partial charge in [0, 0.05) is 22.3 Å². The molecule has 0 unspecified atom stereocenters. The number of pyridine rings is 1. The third-order valence-corrected chi connectivity index (χ3v) is 2.19. The van der Waals surface area contributed by atoms with Gasteiger partial charge in [0.05, 0.1) is 6.54 Å². The smallest absolute Gasteiger partial charge is 0.181 e. The van der Waals surface area contributed by atoms with Gasteiger partial charge in [0.2, 0.25) is 0 Å². The lowest BCUT2D eigenvalue weighted by molar-refractivity contribution is -0.117. The van der Waals surface area contributed by atoms with Crippen LogP contribution in [0.4, 0.5) is 0 Å². The van der Waals surface area contributed by atoms with Crippen LogP contribution in [0.5, 0.6) is 0 Å². The molecular weight excluding hydrogens is 246 g/mol. The highest BCUT2D eigenvalue weighted by Gasteiger charge is 2.03. The number of carbonyl (C=O) groups excluding carboxylic acids is 1. The number of carbonyl (C=O) groups is 1. The summed E-state index contributed by atoms with van der Waals surface area (Å²) in [4.78, 5) is 15.0. The lowest BCUT2D eigenvalue weighted by atomic mass is 10.4. The normalized spacial score (nSPS) is 10.7. The molecule has 0 aliphatic carbocycles. The summed E-state index contributed by atoms with van der Waals surface area (Å²) in [6, 6.07) is 1.92. The second kappa shape index (κ2) is 3.49. The van der Waals surface area contributed by atoms with Crippen molar-refractivity contribution in [1.29, 1.82) is 0 Å². The van der Waals surface area contributed by atoms with Gasteiger partial charge in [0.25, 0.3) is 0 Å². The second-order valence-corrected chi connectivity index (χ2v) is 4.01. The van der Waals surface area contributed by atoms with Crippen LogP contribution in [0.15, 0.2) is 22.9 Å². The molecule has 0 aliphatic rings. The van der Waals surface area contributed by atoms with E-state index in [1.54, 1.807) is 10.9 Å². The molecule has 0 radical (unpaired) electrons. The molecule has 2 rings (SSSR count). The Balaban J connectivity index is 2.46. The average molecular weight is 254 g/mol. The molecule has 0 saturated carbocycles. The lowest BCUT2D eigenvalue weighted by Gasteiger charge is -1.92. The van der Waals surface area contributed by atoms with E-state index in [0.29, 0.717) is 12.2 Å². The third kappa shape index (κ3) is 1.82. The molecule has 0 aliphatic heterocycles. The van der Waals surface area contributed by atoms with Crippen molar-refractivity contribution in [3.8, 4) is 0 Å². The first-order chi connectivity index (χ1) is 6.65. The number of fused-ring (bicyclic) bond motifs is 1. The van der Waals surface area contributed by atoms with Gasteiger partial charge in [-0.25, -0.2) is 4.98 Å². The molecule has 0 N–H and O–H groups in total. The number of halogens is 1. The van der Waals surface area contributed by atoms with Gasteiger partial charge < -0.3 is 0 Å². The monoisotopic (exact) mass is 253 g/mol. The lowest BCUT2D eigenvalue weighted by Crippen LogP contribution is -2.06. The Kier molecular flexibility index (Phi) is 2.33. The van der Waals surface area contributed by atoms with Gasteiger partial charge in [-0.1, -0.05) is 0 Å². The van der Waals surface area contributed by atoms with E-state index in [1.165, 1.54) is 6.92 Å². The minimum Gasteiger partial charge on any atom is -0.298 e. The largest absolute Gasteiger partial charge is 0.298 e. The van der Waals surface area contributed by atoms with Crippen LogP contribution in [0.2, 0.25) is 0 Å². The Hall–Kier alpha value is -1.23. The Bertz CT molecular complexity index is 492. The van der Waals surface area contributed by atoms with E-state index in [0.717, 1.165) is 9.86 Å². The molecule has 14 heavy (non-hydrogen) atoms. The van der Waals surface area contributed by atoms with Gasteiger partial charge in [0.1, 0.15) is 0 Å². The van der Waals surface area contributed by atoms with Gasteiger partial charge in [0.15, 0.2) is 11.4 Å². The molecule has 72 valence electrons. The molecule has 0 saturated heterocycles. The minimum atomic E-state index is 0.0804. The van der Waals surface area contributed by atoms with Crippen molar-refractivity contribution in [2.24, 2.45) is 0 Å². The number of Topliss-reactive ketones (excluding diaryl/α,β-unsaturated/α-hetero) is 1. The highest BCUT2D eigenvalue weighted by molar-refractivity contribution is 9.10. The Morgan fingerprint density at radius 1 is 1.64 bits per heavy atom. The quantitative estimate of drug-likeness (QED) is 0.820. The Morgan fingerprint density at radius 2 is 2.43 bits per heavy atom. The minimum absolute atomic E-state index is 0.0804. The van der Waals surface area contributed by atoms with Crippen LogP contribution in [0.25, 0.3) is 11.0 Å². The number of hydrogen-bond acceptors (Lipinski definition) is 3. The van der Waals surface area contributed by atoms with Gasteiger partial charge in [-0.3, -0.25) is 9.48 Å². The van der Waals surface area contributed by atoms with Crippen molar-refractivity contribution >= 4 is 32.7 Å². The first kappa shape index (κ1) is 9.33. The van der Waals surface area contributed by atoms with Gasteiger partial charge >= 0.3 is 0 Å². The molecule has 0 aromatic carbocycles. The van der Waals surface area contributed by atoms with E-state index < -0.39 is 0 Å². The summed E-state index contributed by atoms with van der Waals surface area (Å²) in [5.41, 5.74) is 0.662. The van der Waals surface area contributed by atoms with Crippen LogP contribution in [-0.2, 0) is 11.3 Å². The van der Waals surface area contributed by atoms with Gasteiger partial charge in [-0.2, -0.15) is 5.10 Å². The summed E-state index contributed by atoms with van der Waals surface area (Å²) in [5.74, 6) is 0.0804. The SMILES string of the molecule is CC(=O)Cn1cc2cc(Br)cnc2n1. The standard InChI is InChI=1S/C9H8BrN3O/c1-6(14)4-13-5-7-2-8(10)3-11-9(7)12-13/h2-3,5H,4H2,1H3. The second-order valence-electron chi connectivity index (χ2n) is 3.10. The zero-order chi connectivity index (χ0) is 10.1. The van der Waals surface area contributed by atoms with E-state index in [9.17, 15) is 4.79 Å². The van der Waals surface area contributed by atoms with Crippen LogP contribution >= 0.6 is 15.9 Å². The number of ketones is 1. The summed E-state index contributed by atoms with van der Waals surface area (Å²) in [7, 11) is 0. The van der Waals surface area contributed by atoms with Crippen molar-refractivity contribution in [2.45, 2.75) is 13.5 Å². The van der Waals surface area contributed by atoms with Crippen LogP contribution in [0.1, 0.15) is 6.92 Å². The third-order valence-electron chi connectivity index (χ3n) is 1.76. The molecule has 0 fully saturated rings. The number of rotatable bonds is 2. The molecule has 0 spiro atoms. The molecule has 2 heterocycles. The van der Waals surface area contributed by atoms with Crippen LogP contribution in [0.3, 0.4) is 0 Å². The molecule has 5 heteroatoms. The van der Waals surface area contributed by atoms with Crippen molar-refractivity contribution in [3.05, 3.63) is 22.9 Å². The van der Waals surface area contributed by atoms with Crippen molar-refractivity contribution in [3.63, 3.8) is 0 Å². The van der Waals surface area contributed by atoms with Crippen molar-refractivity contribution in [2.75, 3.05) is 0 Å². The topological polar surface area (TPSA) is 47.8 Å². The number of hydrogen-bond donors (Lipinski definition) is 0. The van der Waals surface area contributed by atoms with Crippen molar-refractivity contribution in [1.82, 2.24) is 14.8 Å². The molecule has 2 aromatic heterocycles. The molecular formula is C9H8BrN3O. The Labute approximate surface area is 89.1 Å². The predicted molar refractivity (Wildman–Crippen MR) is 55.9 cm³/mol. The van der Waals surface area contributed by atoms with E-state index >= 15 is 0 Å². The Morgan fingerprint density at radius 3 is 3.14 bits per heavy atom.